The fraction of sp³-hybridized carbons (Fsp3) is 0.625. The lowest BCUT2D eigenvalue weighted by molar-refractivity contribution is 0.204. The van der Waals surface area contributed by atoms with Gasteiger partial charge in [-0.05, 0) is 32.9 Å². The molecule has 1 rings (SSSR count). The summed E-state index contributed by atoms with van der Waals surface area (Å²) < 4.78 is 6.04. The van der Waals surface area contributed by atoms with Crippen molar-refractivity contribution in [3.63, 3.8) is 0 Å². The van der Waals surface area contributed by atoms with Crippen LogP contribution in [0, 0.1) is 0 Å². The number of nitrogens with one attached hydrogen (secondary N) is 1. The molecule has 1 atom stereocenters. The van der Waals surface area contributed by atoms with E-state index in [1.165, 1.54) is 31.2 Å². The Kier molecular flexibility index (Phi) is 7.51. The van der Waals surface area contributed by atoms with Crippen LogP contribution >= 0.6 is 0 Å². The van der Waals surface area contributed by atoms with E-state index >= 15 is 0 Å². The third-order valence-corrected chi connectivity index (χ3v) is 3.13. The Morgan fingerprint density at radius 1 is 1.17 bits per heavy atom. The minimum atomic E-state index is 0.305. The zero-order valence-electron chi connectivity index (χ0n) is 12.0. The van der Waals surface area contributed by atoms with Gasteiger partial charge in [-0.15, -0.1) is 0 Å². The topological polar surface area (TPSA) is 21.3 Å². The monoisotopic (exact) mass is 249 g/mol. The van der Waals surface area contributed by atoms with Gasteiger partial charge in [0, 0.05) is 12.1 Å². The summed E-state index contributed by atoms with van der Waals surface area (Å²) in [5.74, 6) is 1.02. The summed E-state index contributed by atoms with van der Waals surface area (Å²) in [7, 11) is 1.96. The Morgan fingerprint density at radius 3 is 2.67 bits per heavy atom. The van der Waals surface area contributed by atoms with Crippen LogP contribution in [0.4, 0.5) is 0 Å². The van der Waals surface area contributed by atoms with E-state index in [1.54, 1.807) is 0 Å². The van der Waals surface area contributed by atoms with Crippen LogP contribution in [0.15, 0.2) is 24.3 Å². The number of rotatable bonds is 9. The molecule has 0 aliphatic carbocycles. The molecule has 2 nitrogen and oxygen atoms in total. The number of hydrogen-bond acceptors (Lipinski definition) is 2. The molecule has 0 aliphatic heterocycles. The molecule has 1 aromatic carbocycles. The maximum absolute atomic E-state index is 6.04. The van der Waals surface area contributed by atoms with Gasteiger partial charge < -0.3 is 10.1 Å². The molecule has 18 heavy (non-hydrogen) atoms. The summed E-state index contributed by atoms with van der Waals surface area (Å²) >= 11 is 0. The molecule has 1 N–H and O–H groups in total. The van der Waals surface area contributed by atoms with Crippen LogP contribution in [0.25, 0.3) is 0 Å². The van der Waals surface area contributed by atoms with E-state index < -0.39 is 0 Å². The van der Waals surface area contributed by atoms with Crippen molar-refractivity contribution in [3.05, 3.63) is 29.8 Å². The predicted molar refractivity (Wildman–Crippen MR) is 78.1 cm³/mol. The number of benzene rings is 1. The van der Waals surface area contributed by atoms with Gasteiger partial charge in [-0.3, -0.25) is 0 Å². The Bertz CT molecular complexity index is 325. The Balaban J connectivity index is 2.40. The van der Waals surface area contributed by atoms with Gasteiger partial charge in [0.15, 0.2) is 0 Å². The van der Waals surface area contributed by atoms with Gasteiger partial charge in [0.05, 0.1) is 6.10 Å². The van der Waals surface area contributed by atoms with Crippen LogP contribution in [-0.4, -0.2) is 13.2 Å². The summed E-state index contributed by atoms with van der Waals surface area (Å²) in [6, 6.07) is 8.29. The Labute approximate surface area is 112 Å². The van der Waals surface area contributed by atoms with Crippen molar-refractivity contribution in [3.8, 4) is 5.75 Å². The van der Waals surface area contributed by atoms with Crippen molar-refractivity contribution in [2.75, 3.05) is 7.05 Å². The second-order valence-electron chi connectivity index (χ2n) is 4.92. The van der Waals surface area contributed by atoms with Crippen molar-refractivity contribution >= 4 is 0 Å². The minimum absolute atomic E-state index is 0.305. The molecular formula is C16H27NO. The normalized spacial score (nSPS) is 12.4. The molecule has 0 aromatic heterocycles. The second-order valence-corrected chi connectivity index (χ2v) is 4.92. The number of hydrogen-bond donors (Lipinski definition) is 1. The van der Waals surface area contributed by atoms with E-state index in [-0.39, 0.29) is 0 Å². The van der Waals surface area contributed by atoms with Gasteiger partial charge in [0.1, 0.15) is 5.75 Å². The minimum Gasteiger partial charge on any atom is -0.490 e. The van der Waals surface area contributed by atoms with Crippen molar-refractivity contribution in [1.29, 1.82) is 0 Å². The molecule has 1 aromatic rings. The molecule has 0 heterocycles. The van der Waals surface area contributed by atoms with E-state index in [9.17, 15) is 0 Å². The Morgan fingerprint density at radius 2 is 1.94 bits per heavy atom. The van der Waals surface area contributed by atoms with Crippen LogP contribution in [0.3, 0.4) is 0 Å². The van der Waals surface area contributed by atoms with Gasteiger partial charge in [-0.1, -0.05) is 44.4 Å². The number of ether oxygens (including phenoxy) is 1. The average molecular weight is 249 g/mol. The molecule has 0 amide bonds. The van der Waals surface area contributed by atoms with Crippen LogP contribution < -0.4 is 10.1 Å². The second kappa shape index (κ2) is 8.98. The van der Waals surface area contributed by atoms with Crippen LogP contribution in [0.2, 0.25) is 0 Å². The first-order valence-electron chi connectivity index (χ1n) is 7.17. The molecule has 1 unspecified atom stereocenters. The highest BCUT2D eigenvalue weighted by atomic mass is 16.5. The summed E-state index contributed by atoms with van der Waals surface area (Å²) in [5.41, 5.74) is 1.24. The summed E-state index contributed by atoms with van der Waals surface area (Å²) in [5, 5.41) is 3.18. The molecule has 102 valence electrons. The number of unbranched alkanes of at least 4 members (excludes halogenated alkanes) is 3. The third kappa shape index (κ3) is 5.54. The molecule has 0 radical (unpaired) electrons. The third-order valence-electron chi connectivity index (χ3n) is 3.13. The molecule has 0 saturated heterocycles. The highest BCUT2D eigenvalue weighted by molar-refractivity contribution is 5.33. The van der Waals surface area contributed by atoms with Gasteiger partial charge >= 0.3 is 0 Å². The fourth-order valence-electron chi connectivity index (χ4n) is 2.09. The van der Waals surface area contributed by atoms with Crippen LogP contribution in [-0.2, 0) is 6.54 Å². The van der Waals surface area contributed by atoms with Gasteiger partial charge in [-0.2, -0.15) is 0 Å². The molecule has 2 heteroatoms. The molecule has 0 bridgehead atoms. The van der Waals surface area contributed by atoms with Crippen LogP contribution in [0.1, 0.15) is 51.5 Å². The largest absolute Gasteiger partial charge is 0.490 e. The molecule has 0 saturated carbocycles. The zero-order chi connectivity index (χ0) is 13.2. The van der Waals surface area contributed by atoms with Gasteiger partial charge in [0.2, 0.25) is 0 Å². The first-order valence-corrected chi connectivity index (χ1v) is 7.17. The van der Waals surface area contributed by atoms with E-state index in [2.05, 4.69) is 37.4 Å². The molecule has 0 spiro atoms. The first kappa shape index (κ1) is 15.0. The summed E-state index contributed by atoms with van der Waals surface area (Å²) in [6.07, 6.45) is 6.67. The summed E-state index contributed by atoms with van der Waals surface area (Å²) in [6.45, 7) is 5.27. The van der Waals surface area contributed by atoms with Crippen molar-refractivity contribution in [2.24, 2.45) is 0 Å². The molecular weight excluding hydrogens is 222 g/mol. The maximum atomic E-state index is 6.04. The first-order chi connectivity index (χ1) is 8.77. The number of para-hydroxylation sites is 1. The molecule has 0 fully saturated rings. The smallest absolute Gasteiger partial charge is 0.124 e. The lowest BCUT2D eigenvalue weighted by atomic mass is 10.1. The van der Waals surface area contributed by atoms with Gasteiger partial charge in [0.25, 0.3) is 0 Å². The lowest BCUT2D eigenvalue weighted by Gasteiger charge is -2.17. The fourth-order valence-corrected chi connectivity index (χ4v) is 2.09. The predicted octanol–water partition coefficient (Wildman–Crippen LogP) is 4.14. The van der Waals surface area contributed by atoms with E-state index in [0.29, 0.717) is 6.10 Å². The van der Waals surface area contributed by atoms with E-state index in [1.807, 2.05) is 13.1 Å². The summed E-state index contributed by atoms with van der Waals surface area (Å²) in [4.78, 5) is 0. The van der Waals surface area contributed by atoms with E-state index in [4.69, 9.17) is 4.74 Å². The average Bonchev–Trinajstić information content (AvgIpc) is 2.37. The van der Waals surface area contributed by atoms with Gasteiger partial charge in [-0.25, -0.2) is 0 Å². The standard InChI is InChI=1S/C16H27NO/c1-4-5-6-7-10-14(2)18-16-12-9-8-11-15(16)13-17-3/h8-9,11-12,14,17H,4-7,10,13H2,1-3H3. The van der Waals surface area contributed by atoms with Crippen molar-refractivity contribution < 1.29 is 4.74 Å². The maximum Gasteiger partial charge on any atom is 0.124 e. The van der Waals surface area contributed by atoms with E-state index in [0.717, 1.165) is 18.7 Å². The highest BCUT2D eigenvalue weighted by Gasteiger charge is 2.07. The van der Waals surface area contributed by atoms with Crippen LogP contribution in [0.5, 0.6) is 5.75 Å². The SMILES string of the molecule is CCCCCCC(C)Oc1ccccc1CNC. The lowest BCUT2D eigenvalue weighted by Crippen LogP contribution is -2.14. The Hall–Kier alpha value is -1.02. The molecule has 0 aliphatic rings. The van der Waals surface area contributed by atoms with Crippen molar-refractivity contribution in [2.45, 2.75) is 58.6 Å². The highest BCUT2D eigenvalue weighted by Crippen LogP contribution is 2.20. The van der Waals surface area contributed by atoms with Crippen molar-refractivity contribution in [1.82, 2.24) is 5.32 Å². The zero-order valence-corrected chi connectivity index (χ0v) is 12.0. The quantitative estimate of drug-likeness (QED) is 0.664.